The Morgan fingerprint density at radius 2 is 2.27 bits per heavy atom. The van der Waals surface area contributed by atoms with Crippen molar-refractivity contribution >= 4 is 28.6 Å². The van der Waals surface area contributed by atoms with Gasteiger partial charge in [-0.1, -0.05) is 0 Å². The number of furan rings is 1. The summed E-state index contributed by atoms with van der Waals surface area (Å²) in [6, 6.07) is 9.08. The lowest BCUT2D eigenvalue weighted by atomic mass is 9.81. The molecule has 0 spiro atoms. The minimum Gasteiger partial charge on any atom is -0.497 e. The standard InChI is InChI=1S/C25H29FN2O4S/c1-31-18-3-5-24-21(14-18)20(6-9-27-24)23(26)4-2-17-7-10-28(15-22(17)25(29)30)11-13-33-19-8-12-32-16-19/h3,5-6,8-9,12,14,16-17,22-23H,2,4,7,10-11,13,15H2,1H3,(H,29,30)/t17-,22+,23+/m1/s1. The molecule has 0 unspecified atom stereocenters. The second-order valence-electron chi connectivity index (χ2n) is 8.43. The molecule has 3 atom stereocenters. The second-order valence-corrected chi connectivity index (χ2v) is 9.60. The van der Waals surface area contributed by atoms with Crippen LogP contribution in [-0.2, 0) is 4.79 Å². The van der Waals surface area contributed by atoms with Crippen LogP contribution in [0.4, 0.5) is 4.39 Å². The highest BCUT2D eigenvalue weighted by atomic mass is 32.2. The molecule has 0 radical (unpaired) electrons. The first kappa shape index (κ1) is 23.6. The molecule has 3 heterocycles. The molecule has 0 saturated carbocycles. The lowest BCUT2D eigenvalue weighted by molar-refractivity contribution is -0.146. The maximum Gasteiger partial charge on any atom is 0.308 e. The summed E-state index contributed by atoms with van der Waals surface area (Å²) in [7, 11) is 1.58. The number of alkyl halides is 1. The number of carbonyl (C=O) groups is 1. The van der Waals surface area contributed by atoms with Crippen molar-refractivity contribution in [3.05, 3.63) is 54.6 Å². The van der Waals surface area contributed by atoms with Crippen LogP contribution in [0.15, 0.2) is 58.4 Å². The number of piperidine rings is 1. The molecule has 1 fully saturated rings. The van der Waals surface area contributed by atoms with Crippen LogP contribution in [0.3, 0.4) is 0 Å². The van der Waals surface area contributed by atoms with Gasteiger partial charge < -0.3 is 19.2 Å². The molecule has 0 amide bonds. The summed E-state index contributed by atoms with van der Waals surface area (Å²) in [4.78, 5) is 19.6. The molecule has 0 bridgehead atoms. The average Bonchev–Trinajstić information content (AvgIpc) is 3.35. The first-order valence-corrected chi connectivity index (χ1v) is 12.2. The molecule has 0 aliphatic carbocycles. The number of ether oxygens (including phenoxy) is 1. The van der Waals surface area contributed by atoms with Crippen molar-refractivity contribution < 1.29 is 23.4 Å². The Morgan fingerprint density at radius 3 is 3.03 bits per heavy atom. The van der Waals surface area contributed by atoms with Gasteiger partial charge in [0.15, 0.2) is 0 Å². The van der Waals surface area contributed by atoms with E-state index in [9.17, 15) is 9.90 Å². The highest BCUT2D eigenvalue weighted by molar-refractivity contribution is 7.99. The molecular formula is C25H29FN2O4S. The zero-order valence-electron chi connectivity index (χ0n) is 18.7. The SMILES string of the molecule is COc1ccc2nccc([C@@H](F)CC[C@@H]3CCN(CCSc4ccoc4)C[C@@H]3C(=O)O)c2c1. The number of hydrogen-bond donors (Lipinski definition) is 1. The van der Waals surface area contributed by atoms with Crippen molar-refractivity contribution in [3.8, 4) is 5.75 Å². The van der Waals surface area contributed by atoms with Gasteiger partial charge in [0.05, 0.1) is 24.8 Å². The number of aliphatic carboxylic acids is 1. The number of fused-ring (bicyclic) bond motifs is 1. The minimum atomic E-state index is -1.18. The van der Waals surface area contributed by atoms with Gasteiger partial charge in [0.2, 0.25) is 0 Å². The van der Waals surface area contributed by atoms with Gasteiger partial charge in [-0.2, -0.15) is 0 Å². The third-order valence-electron chi connectivity index (χ3n) is 6.44. The monoisotopic (exact) mass is 472 g/mol. The summed E-state index contributed by atoms with van der Waals surface area (Å²) < 4.78 is 25.7. The smallest absolute Gasteiger partial charge is 0.308 e. The predicted molar refractivity (Wildman–Crippen MR) is 126 cm³/mol. The Hall–Kier alpha value is -2.58. The number of aromatic nitrogens is 1. The van der Waals surface area contributed by atoms with E-state index in [0.29, 0.717) is 30.7 Å². The molecule has 1 N–H and O–H groups in total. The topological polar surface area (TPSA) is 75.8 Å². The maximum absolute atomic E-state index is 15.3. The van der Waals surface area contributed by atoms with Crippen molar-refractivity contribution in [1.29, 1.82) is 0 Å². The summed E-state index contributed by atoms with van der Waals surface area (Å²) in [6.07, 6.45) is 5.41. The van der Waals surface area contributed by atoms with Crippen molar-refractivity contribution in [1.82, 2.24) is 9.88 Å². The van der Waals surface area contributed by atoms with E-state index in [4.69, 9.17) is 9.15 Å². The lowest BCUT2D eigenvalue weighted by Gasteiger charge is -2.36. The van der Waals surface area contributed by atoms with Gasteiger partial charge >= 0.3 is 5.97 Å². The number of rotatable bonds is 10. The summed E-state index contributed by atoms with van der Waals surface area (Å²) in [5, 5.41) is 10.6. The van der Waals surface area contributed by atoms with Crippen LogP contribution in [0.1, 0.15) is 31.0 Å². The van der Waals surface area contributed by atoms with Crippen molar-refractivity contribution in [2.24, 2.45) is 11.8 Å². The fraction of sp³-hybridized carbons (Fsp3) is 0.440. The number of methoxy groups -OCH3 is 1. The number of halogens is 1. The van der Waals surface area contributed by atoms with Crippen LogP contribution >= 0.6 is 11.8 Å². The summed E-state index contributed by atoms with van der Waals surface area (Å²) >= 11 is 1.70. The third-order valence-corrected chi connectivity index (χ3v) is 7.39. The molecule has 33 heavy (non-hydrogen) atoms. The lowest BCUT2D eigenvalue weighted by Crippen LogP contribution is -2.44. The molecule has 1 aliphatic rings. The molecule has 3 aromatic rings. The Balaban J connectivity index is 1.34. The highest BCUT2D eigenvalue weighted by Gasteiger charge is 2.34. The Labute approximate surface area is 197 Å². The molecule has 4 rings (SSSR count). The van der Waals surface area contributed by atoms with E-state index in [1.165, 1.54) is 0 Å². The number of likely N-dealkylation sites (tertiary alicyclic amines) is 1. The highest BCUT2D eigenvalue weighted by Crippen LogP contribution is 2.35. The van der Waals surface area contributed by atoms with Crippen LogP contribution in [0.2, 0.25) is 0 Å². The molecule has 1 aliphatic heterocycles. The van der Waals surface area contributed by atoms with Gasteiger partial charge in [0.25, 0.3) is 0 Å². The third kappa shape index (κ3) is 5.86. The zero-order valence-corrected chi connectivity index (χ0v) is 19.5. The van der Waals surface area contributed by atoms with Crippen molar-refractivity contribution in [3.63, 3.8) is 0 Å². The average molecular weight is 473 g/mol. The Bertz CT molecular complexity index is 1060. The fourth-order valence-electron chi connectivity index (χ4n) is 4.59. The van der Waals surface area contributed by atoms with E-state index < -0.39 is 18.1 Å². The molecule has 8 heteroatoms. The van der Waals surface area contributed by atoms with E-state index >= 15 is 4.39 Å². The van der Waals surface area contributed by atoms with Crippen LogP contribution in [-0.4, -0.2) is 53.5 Å². The molecule has 176 valence electrons. The van der Waals surface area contributed by atoms with Crippen molar-refractivity contribution in [2.75, 3.05) is 32.5 Å². The van der Waals surface area contributed by atoms with Gasteiger partial charge in [0, 0.05) is 35.3 Å². The molecular weight excluding hydrogens is 443 g/mol. The molecule has 1 saturated heterocycles. The number of nitrogens with zero attached hydrogens (tertiary/aromatic N) is 2. The zero-order chi connectivity index (χ0) is 23.2. The number of carboxylic acid groups (broad SMARTS) is 1. The number of benzene rings is 1. The van der Waals surface area contributed by atoms with E-state index in [2.05, 4.69) is 9.88 Å². The van der Waals surface area contributed by atoms with E-state index in [-0.39, 0.29) is 5.92 Å². The minimum absolute atomic E-state index is 0.0267. The van der Waals surface area contributed by atoms with Crippen LogP contribution in [0.5, 0.6) is 5.75 Å². The number of carboxylic acids is 1. The van der Waals surface area contributed by atoms with E-state index in [0.717, 1.165) is 41.1 Å². The number of pyridine rings is 1. The summed E-state index contributed by atoms with van der Waals surface area (Å²) in [5.74, 6) is 0.247. The Kier molecular flexibility index (Phi) is 7.88. The van der Waals surface area contributed by atoms with Gasteiger partial charge in [-0.05, 0) is 67.6 Å². The first-order valence-electron chi connectivity index (χ1n) is 11.2. The summed E-state index contributed by atoms with van der Waals surface area (Å²) in [6.45, 7) is 2.17. The number of thioether (sulfide) groups is 1. The Morgan fingerprint density at radius 1 is 1.39 bits per heavy atom. The van der Waals surface area contributed by atoms with E-state index in [1.54, 1.807) is 43.7 Å². The second kappa shape index (κ2) is 11.0. The normalized spacial score (nSPS) is 20.1. The molecule has 6 nitrogen and oxygen atoms in total. The quantitative estimate of drug-likeness (QED) is 0.394. The number of hydrogen-bond acceptors (Lipinski definition) is 6. The molecule has 2 aromatic heterocycles. The van der Waals surface area contributed by atoms with Crippen LogP contribution in [0, 0.1) is 11.8 Å². The van der Waals surface area contributed by atoms with Gasteiger partial charge in [-0.15, -0.1) is 11.8 Å². The largest absolute Gasteiger partial charge is 0.497 e. The van der Waals surface area contributed by atoms with Gasteiger partial charge in [-0.3, -0.25) is 9.78 Å². The first-order chi connectivity index (χ1) is 16.0. The van der Waals surface area contributed by atoms with Crippen LogP contribution < -0.4 is 4.74 Å². The van der Waals surface area contributed by atoms with Crippen LogP contribution in [0.25, 0.3) is 10.9 Å². The van der Waals surface area contributed by atoms with E-state index in [1.807, 2.05) is 24.3 Å². The summed E-state index contributed by atoms with van der Waals surface area (Å²) in [5.41, 5.74) is 1.31. The van der Waals surface area contributed by atoms with Gasteiger partial charge in [0.1, 0.15) is 18.2 Å². The maximum atomic E-state index is 15.3. The predicted octanol–water partition coefficient (Wildman–Crippen LogP) is 5.44. The van der Waals surface area contributed by atoms with Gasteiger partial charge in [-0.25, -0.2) is 4.39 Å². The van der Waals surface area contributed by atoms with Crippen molar-refractivity contribution in [2.45, 2.75) is 30.3 Å². The molecule has 1 aromatic carbocycles. The fourth-order valence-corrected chi connectivity index (χ4v) is 5.45.